The Morgan fingerprint density at radius 2 is 1.94 bits per heavy atom. The number of rotatable bonds is 6. The normalized spacial score (nSPS) is 15.8. The van der Waals surface area contributed by atoms with Crippen molar-refractivity contribution in [2.24, 2.45) is 0 Å². The number of amides is 3. The molecule has 8 nitrogen and oxygen atoms in total. The predicted molar refractivity (Wildman–Crippen MR) is 124 cm³/mol. The van der Waals surface area contributed by atoms with E-state index in [1.54, 1.807) is 42.5 Å². The van der Waals surface area contributed by atoms with Crippen LogP contribution < -0.4 is 10.6 Å². The Morgan fingerprint density at radius 1 is 1.15 bits per heavy atom. The van der Waals surface area contributed by atoms with E-state index < -0.39 is 23.9 Å². The summed E-state index contributed by atoms with van der Waals surface area (Å²) in [5, 5.41) is 15.7. The van der Waals surface area contributed by atoms with Crippen molar-refractivity contribution >= 4 is 46.8 Å². The van der Waals surface area contributed by atoms with Gasteiger partial charge in [0, 0.05) is 17.1 Å². The Morgan fingerprint density at radius 3 is 2.73 bits per heavy atom. The zero-order chi connectivity index (χ0) is 23.5. The van der Waals surface area contributed by atoms with Crippen molar-refractivity contribution in [3.05, 3.63) is 76.0 Å². The Labute approximate surface area is 199 Å². The van der Waals surface area contributed by atoms with Crippen LogP contribution in [0.4, 0.5) is 10.5 Å². The van der Waals surface area contributed by atoms with E-state index in [-0.39, 0.29) is 17.8 Å². The van der Waals surface area contributed by atoms with E-state index >= 15 is 0 Å². The van der Waals surface area contributed by atoms with Crippen molar-refractivity contribution in [1.82, 2.24) is 10.2 Å². The predicted octanol–water partition coefficient (Wildman–Crippen LogP) is 4.87. The highest BCUT2D eigenvalue weighted by molar-refractivity contribution is 6.35. The van der Waals surface area contributed by atoms with Gasteiger partial charge in [0.15, 0.2) is 0 Å². The van der Waals surface area contributed by atoms with Crippen molar-refractivity contribution in [2.45, 2.75) is 19.0 Å². The summed E-state index contributed by atoms with van der Waals surface area (Å²) in [5.74, 6) is -0.719. The van der Waals surface area contributed by atoms with Crippen LogP contribution in [0.5, 0.6) is 0 Å². The van der Waals surface area contributed by atoms with Gasteiger partial charge in [0.25, 0.3) is 0 Å². The number of nitrogens with one attached hydrogen (secondary N) is 2. The van der Waals surface area contributed by atoms with Gasteiger partial charge < -0.3 is 25.1 Å². The van der Waals surface area contributed by atoms with Crippen LogP contribution in [-0.4, -0.2) is 40.5 Å². The summed E-state index contributed by atoms with van der Waals surface area (Å²) in [6.07, 6.45) is 0.348. The Kier molecular flexibility index (Phi) is 6.57. The summed E-state index contributed by atoms with van der Waals surface area (Å²) >= 11 is 12.3. The molecule has 3 aromatic rings. The zero-order valence-electron chi connectivity index (χ0n) is 17.2. The third-order valence-corrected chi connectivity index (χ3v) is 5.80. The number of carbonyl (C=O) groups is 3. The molecule has 3 N–H and O–H groups in total. The number of aromatic carboxylic acids is 1. The summed E-state index contributed by atoms with van der Waals surface area (Å²) in [6, 6.07) is 13.3. The molecule has 0 saturated carbocycles. The number of anilines is 1. The Balaban J connectivity index is 1.54. The molecule has 1 atom stereocenters. The van der Waals surface area contributed by atoms with Crippen molar-refractivity contribution < 1.29 is 23.9 Å². The largest absolute Gasteiger partial charge is 0.478 e. The molecular formula is C23H19Cl2N3O5. The molecule has 2 heterocycles. The van der Waals surface area contributed by atoms with Gasteiger partial charge in [0.1, 0.15) is 17.6 Å². The van der Waals surface area contributed by atoms with Gasteiger partial charge in [-0.15, -0.1) is 0 Å². The van der Waals surface area contributed by atoms with Gasteiger partial charge in [-0.2, -0.15) is 0 Å². The van der Waals surface area contributed by atoms with E-state index in [1.165, 1.54) is 17.0 Å². The van der Waals surface area contributed by atoms with Crippen LogP contribution >= 0.6 is 23.2 Å². The first-order valence-corrected chi connectivity index (χ1v) is 10.8. The summed E-state index contributed by atoms with van der Waals surface area (Å²) in [7, 11) is 0. The highest BCUT2D eigenvalue weighted by Gasteiger charge is 2.34. The van der Waals surface area contributed by atoms with Gasteiger partial charge in [0.2, 0.25) is 5.91 Å². The number of carboxylic acid groups (broad SMARTS) is 1. The number of hydrogen-bond donors (Lipinski definition) is 3. The SMILES string of the molecule is O=C(O)c1ccccc1NC(=O)[C@@H]1CCNC(=O)N1Cc1ccc(-c2cc(Cl)ccc2Cl)o1. The molecule has 33 heavy (non-hydrogen) atoms. The first-order chi connectivity index (χ1) is 15.8. The number of carbonyl (C=O) groups excluding carboxylic acids is 2. The maximum absolute atomic E-state index is 13.0. The van der Waals surface area contributed by atoms with Crippen LogP contribution in [0.25, 0.3) is 11.3 Å². The second-order valence-electron chi connectivity index (χ2n) is 7.39. The molecule has 0 aliphatic carbocycles. The minimum Gasteiger partial charge on any atom is -0.478 e. The highest BCUT2D eigenvalue weighted by Crippen LogP contribution is 2.32. The number of halogens is 2. The van der Waals surface area contributed by atoms with Gasteiger partial charge in [-0.3, -0.25) is 4.79 Å². The van der Waals surface area contributed by atoms with Crippen LogP contribution in [-0.2, 0) is 11.3 Å². The molecule has 0 radical (unpaired) electrons. The van der Waals surface area contributed by atoms with Crippen molar-refractivity contribution in [3.63, 3.8) is 0 Å². The number of hydrogen-bond acceptors (Lipinski definition) is 4. The van der Waals surface area contributed by atoms with Gasteiger partial charge >= 0.3 is 12.0 Å². The highest BCUT2D eigenvalue weighted by atomic mass is 35.5. The second kappa shape index (κ2) is 9.56. The van der Waals surface area contributed by atoms with Gasteiger partial charge in [-0.1, -0.05) is 35.3 Å². The minimum absolute atomic E-state index is 0.0304. The van der Waals surface area contributed by atoms with E-state index in [0.29, 0.717) is 40.1 Å². The molecular weight excluding hydrogens is 469 g/mol. The van der Waals surface area contributed by atoms with E-state index in [4.69, 9.17) is 27.6 Å². The molecule has 170 valence electrons. The summed E-state index contributed by atoms with van der Waals surface area (Å²) in [5.41, 5.74) is 0.738. The van der Waals surface area contributed by atoms with Crippen molar-refractivity contribution in [3.8, 4) is 11.3 Å². The van der Waals surface area contributed by atoms with Crippen LogP contribution in [0.15, 0.2) is 59.0 Å². The monoisotopic (exact) mass is 487 g/mol. The molecule has 1 aromatic heterocycles. The number of nitrogens with zero attached hydrogens (tertiary/aromatic N) is 1. The van der Waals surface area contributed by atoms with Gasteiger partial charge in [-0.05, 0) is 48.9 Å². The van der Waals surface area contributed by atoms with Gasteiger partial charge in [0.05, 0.1) is 22.8 Å². The number of urea groups is 1. The molecule has 0 spiro atoms. The first kappa shape index (κ1) is 22.7. The van der Waals surface area contributed by atoms with Crippen molar-refractivity contribution in [1.29, 1.82) is 0 Å². The molecule has 0 unspecified atom stereocenters. The summed E-state index contributed by atoms with van der Waals surface area (Å²) < 4.78 is 5.88. The molecule has 2 aromatic carbocycles. The Hall–Kier alpha value is -3.49. The lowest BCUT2D eigenvalue weighted by Crippen LogP contribution is -2.56. The summed E-state index contributed by atoms with van der Waals surface area (Å²) in [4.78, 5) is 38.4. The summed E-state index contributed by atoms with van der Waals surface area (Å²) in [6.45, 7) is 0.345. The van der Waals surface area contributed by atoms with E-state index in [9.17, 15) is 19.5 Å². The van der Waals surface area contributed by atoms with Crippen LogP contribution in [0, 0.1) is 0 Å². The molecule has 0 bridgehead atoms. The lowest BCUT2D eigenvalue weighted by atomic mass is 10.1. The third kappa shape index (κ3) is 4.97. The topological polar surface area (TPSA) is 112 Å². The first-order valence-electron chi connectivity index (χ1n) is 10.1. The number of furan rings is 1. The zero-order valence-corrected chi connectivity index (χ0v) is 18.7. The number of carboxylic acids is 1. The quantitative estimate of drug-likeness (QED) is 0.458. The standard InChI is InChI=1S/C23H19Cl2N3O5/c24-13-5-7-17(25)16(11-13)20-8-6-14(33-20)12-28-19(9-10-26-23(28)32)21(29)27-18-4-2-1-3-15(18)22(30)31/h1-8,11,19H,9-10,12H2,(H,26,32)(H,27,29)(H,30,31)/t19-/m0/s1. The maximum Gasteiger partial charge on any atom is 0.337 e. The van der Waals surface area contributed by atoms with Crippen LogP contribution in [0.3, 0.4) is 0 Å². The van der Waals surface area contributed by atoms with Gasteiger partial charge in [-0.25, -0.2) is 9.59 Å². The molecule has 4 rings (SSSR count). The van der Waals surface area contributed by atoms with Crippen molar-refractivity contribution in [2.75, 3.05) is 11.9 Å². The third-order valence-electron chi connectivity index (χ3n) is 5.23. The molecule has 1 saturated heterocycles. The Bertz CT molecular complexity index is 1230. The van der Waals surface area contributed by atoms with Crippen LogP contribution in [0.2, 0.25) is 10.0 Å². The minimum atomic E-state index is -1.16. The molecule has 1 aliphatic rings. The van der Waals surface area contributed by atoms with E-state index in [1.807, 2.05) is 0 Å². The smallest absolute Gasteiger partial charge is 0.337 e. The number of para-hydroxylation sites is 1. The molecule has 1 fully saturated rings. The fourth-order valence-electron chi connectivity index (χ4n) is 3.63. The van der Waals surface area contributed by atoms with Crippen LogP contribution in [0.1, 0.15) is 22.5 Å². The van der Waals surface area contributed by atoms with E-state index in [0.717, 1.165) is 0 Å². The number of benzene rings is 2. The van der Waals surface area contributed by atoms with E-state index in [2.05, 4.69) is 10.6 Å². The second-order valence-corrected chi connectivity index (χ2v) is 8.24. The molecule has 10 heteroatoms. The fourth-order valence-corrected chi connectivity index (χ4v) is 4.01. The maximum atomic E-state index is 13.0. The average Bonchev–Trinajstić information content (AvgIpc) is 3.25. The lowest BCUT2D eigenvalue weighted by Gasteiger charge is -2.34. The lowest BCUT2D eigenvalue weighted by molar-refractivity contribution is -0.121. The molecule has 1 aliphatic heterocycles. The average molecular weight is 488 g/mol. The fraction of sp³-hybridized carbons (Fsp3) is 0.174. The molecule has 3 amide bonds.